The van der Waals surface area contributed by atoms with Gasteiger partial charge < -0.3 is 14.6 Å². The molecule has 1 amide bonds. The van der Waals surface area contributed by atoms with E-state index < -0.39 is 0 Å². The zero-order chi connectivity index (χ0) is 20.0. The Morgan fingerprint density at radius 2 is 1.82 bits per heavy atom. The minimum absolute atomic E-state index is 0.0205. The Kier molecular flexibility index (Phi) is 6.80. The summed E-state index contributed by atoms with van der Waals surface area (Å²) in [6, 6.07) is 8.40. The van der Waals surface area contributed by atoms with E-state index in [1.54, 1.807) is 0 Å². The number of carbonyl (C=O) groups is 1. The van der Waals surface area contributed by atoms with Gasteiger partial charge in [0, 0.05) is 44.4 Å². The molecule has 0 unspecified atom stereocenters. The minimum atomic E-state index is -0.155. The molecule has 0 radical (unpaired) electrons. The van der Waals surface area contributed by atoms with E-state index >= 15 is 0 Å². The van der Waals surface area contributed by atoms with Crippen molar-refractivity contribution in [1.82, 2.24) is 20.4 Å². The van der Waals surface area contributed by atoms with Crippen LogP contribution in [0.4, 0.5) is 0 Å². The van der Waals surface area contributed by atoms with Crippen LogP contribution >= 0.6 is 0 Å². The average molecular weight is 386 g/mol. The number of amides is 1. The van der Waals surface area contributed by atoms with Crippen molar-refractivity contribution in [1.29, 1.82) is 0 Å². The van der Waals surface area contributed by atoms with Gasteiger partial charge in [0.15, 0.2) is 5.82 Å². The molecule has 1 N–H and O–H groups in total. The van der Waals surface area contributed by atoms with Crippen LogP contribution in [-0.4, -0.2) is 47.3 Å². The molecule has 0 spiro atoms. The molecule has 7 heteroatoms. The smallest absolute Gasteiger partial charge is 0.227 e. The summed E-state index contributed by atoms with van der Waals surface area (Å²) in [5.74, 6) is 1.15. The number of nitrogens with one attached hydrogen (secondary N) is 1. The second-order valence-electron chi connectivity index (χ2n) is 8.24. The number of rotatable bonds is 7. The third-order valence-electron chi connectivity index (χ3n) is 4.73. The summed E-state index contributed by atoms with van der Waals surface area (Å²) in [6.45, 7) is 11.1. The van der Waals surface area contributed by atoms with Gasteiger partial charge in [-0.05, 0) is 11.1 Å². The summed E-state index contributed by atoms with van der Waals surface area (Å²) < 4.78 is 10.6. The maximum absolute atomic E-state index is 12.1. The maximum Gasteiger partial charge on any atom is 0.227 e. The molecule has 2 aromatic rings. The van der Waals surface area contributed by atoms with Crippen molar-refractivity contribution in [2.75, 3.05) is 26.3 Å². The molecule has 1 fully saturated rings. The molecule has 152 valence electrons. The van der Waals surface area contributed by atoms with Crippen LogP contribution < -0.4 is 5.32 Å². The van der Waals surface area contributed by atoms with E-state index in [1.807, 2.05) is 20.8 Å². The van der Waals surface area contributed by atoms with Gasteiger partial charge in [-0.1, -0.05) is 50.2 Å². The Balaban J connectivity index is 1.39. The first-order valence-corrected chi connectivity index (χ1v) is 9.88. The number of morpholine rings is 1. The number of hydrogen-bond acceptors (Lipinski definition) is 6. The van der Waals surface area contributed by atoms with Crippen molar-refractivity contribution in [2.24, 2.45) is 0 Å². The fraction of sp³-hybridized carbons (Fsp3) is 0.571. The fourth-order valence-corrected chi connectivity index (χ4v) is 2.95. The predicted octanol–water partition coefficient (Wildman–Crippen LogP) is 2.45. The highest BCUT2D eigenvalue weighted by atomic mass is 16.5. The van der Waals surface area contributed by atoms with E-state index in [9.17, 15) is 4.79 Å². The number of hydrogen-bond donors (Lipinski definition) is 1. The SMILES string of the molecule is CC(C)(C)c1noc(CCC(=O)NCc2ccc(CN3CCOCC3)cc2)n1. The molecule has 28 heavy (non-hydrogen) atoms. The van der Waals surface area contributed by atoms with Crippen LogP contribution in [0.25, 0.3) is 0 Å². The number of aryl methyl sites for hydroxylation is 1. The van der Waals surface area contributed by atoms with Crippen LogP contribution in [0.3, 0.4) is 0 Å². The van der Waals surface area contributed by atoms with Crippen LogP contribution in [0.2, 0.25) is 0 Å². The van der Waals surface area contributed by atoms with E-state index in [4.69, 9.17) is 9.26 Å². The Hall–Kier alpha value is -2.25. The molecule has 0 atom stereocenters. The Morgan fingerprint density at radius 3 is 2.46 bits per heavy atom. The van der Waals surface area contributed by atoms with Crippen molar-refractivity contribution in [3.05, 3.63) is 47.1 Å². The van der Waals surface area contributed by atoms with E-state index in [2.05, 4.69) is 44.6 Å². The van der Waals surface area contributed by atoms with Gasteiger partial charge in [-0.25, -0.2) is 0 Å². The Bertz CT molecular complexity index is 759. The summed E-state index contributed by atoms with van der Waals surface area (Å²) >= 11 is 0. The maximum atomic E-state index is 12.1. The van der Waals surface area contributed by atoms with Gasteiger partial charge in [0.2, 0.25) is 11.8 Å². The molecule has 1 aromatic carbocycles. The lowest BCUT2D eigenvalue weighted by Gasteiger charge is -2.26. The summed E-state index contributed by atoms with van der Waals surface area (Å²) in [7, 11) is 0. The zero-order valence-corrected chi connectivity index (χ0v) is 17.0. The molecular formula is C21H30N4O3. The number of benzene rings is 1. The predicted molar refractivity (Wildman–Crippen MR) is 106 cm³/mol. The highest BCUT2D eigenvalue weighted by Crippen LogP contribution is 2.18. The Labute approximate surface area is 166 Å². The van der Waals surface area contributed by atoms with Gasteiger partial charge in [0.25, 0.3) is 0 Å². The average Bonchev–Trinajstić information content (AvgIpc) is 3.16. The normalized spacial score (nSPS) is 15.5. The summed E-state index contributed by atoms with van der Waals surface area (Å²) in [5, 5.41) is 6.93. The molecule has 0 bridgehead atoms. The number of ether oxygens (including phenoxy) is 1. The van der Waals surface area contributed by atoms with Crippen molar-refractivity contribution in [3.8, 4) is 0 Å². The zero-order valence-electron chi connectivity index (χ0n) is 17.0. The molecule has 7 nitrogen and oxygen atoms in total. The van der Waals surface area contributed by atoms with Crippen LogP contribution in [0.15, 0.2) is 28.8 Å². The third-order valence-corrected chi connectivity index (χ3v) is 4.73. The highest BCUT2D eigenvalue weighted by molar-refractivity contribution is 5.76. The van der Waals surface area contributed by atoms with Crippen molar-refractivity contribution in [2.45, 2.75) is 52.1 Å². The van der Waals surface area contributed by atoms with Crippen LogP contribution in [-0.2, 0) is 34.5 Å². The lowest BCUT2D eigenvalue weighted by atomic mass is 9.96. The summed E-state index contributed by atoms with van der Waals surface area (Å²) in [4.78, 5) is 18.9. The quantitative estimate of drug-likeness (QED) is 0.787. The highest BCUT2D eigenvalue weighted by Gasteiger charge is 2.21. The van der Waals surface area contributed by atoms with Crippen molar-refractivity contribution < 1.29 is 14.1 Å². The van der Waals surface area contributed by atoms with Gasteiger partial charge in [-0.3, -0.25) is 9.69 Å². The van der Waals surface area contributed by atoms with E-state index in [0.29, 0.717) is 31.1 Å². The summed E-state index contributed by atoms with van der Waals surface area (Å²) in [5.41, 5.74) is 2.22. The number of aromatic nitrogens is 2. The fourth-order valence-electron chi connectivity index (χ4n) is 2.95. The molecule has 0 aliphatic carbocycles. The second kappa shape index (κ2) is 9.30. The third kappa shape index (κ3) is 6.14. The first-order valence-electron chi connectivity index (χ1n) is 9.88. The monoisotopic (exact) mass is 386 g/mol. The number of carbonyl (C=O) groups excluding carboxylic acids is 1. The molecule has 1 aliphatic rings. The molecule has 2 heterocycles. The number of nitrogens with zero attached hydrogens (tertiary/aromatic N) is 3. The van der Waals surface area contributed by atoms with E-state index in [0.717, 1.165) is 38.4 Å². The standard InChI is InChI=1S/C21H30N4O3/c1-21(2,3)20-23-19(28-24-20)9-8-18(26)22-14-16-4-6-17(7-5-16)15-25-10-12-27-13-11-25/h4-7H,8-15H2,1-3H3,(H,22,26). The molecular weight excluding hydrogens is 356 g/mol. The largest absolute Gasteiger partial charge is 0.379 e. The Morgan fingerprint density at radius 1 is 1.14 bits per heavy atom. The second-order valence-corrected chi connectivity index (χ2v) is 8.24. The van der Waals surface area contributed by atoms with Gasteiger partial charge in [-0.15, -0.1) is 0 Å². The van der Waals surface area contributed by atoms with Gasteiger partial charge in [-0.2, -0.15) is 4.98 Å². The summed E-state index contributed by atoms with van der Waals surface area (Å²) in [6.07, 6.45) is 0.786. The molecule has 1 aliphatic heterocycles. The molecule has 0 saturated carbocycles. The molecule has 3 rings (SSSR count). The van der Waals surface area contributed by atoms with Gasteiger partial charge in [0.1, 0.15) is 0 Å². The van der Waals surface area contributed by atoms with Crippen molar-refractivity contribution >= 4 is 5.91 Å². The first kappa shape index (κ1) is 20.5. The van der Waals surface area contributed by atoms with E-state index in [1.165, 1.54) is 5.56 Å². The van der Waals surface area contributed by atoms with Crippen molar-refractivity contribution in [3.63, 3.8) is 0 Å². The molecule has 1 saturated heterocycles. The van der Waals surface area contributed by atoms with Crippen LogP contribution in [0.5, 0.6) is 0 Å². The molecule has 1 aromatic heterocycles. The minimum Gasteiger partial charge on any atom is -0.379 e. The lowest BCUT2D eigenvalue weighted by molar-refractivity contribution is -0.121. The van der Waals surface area contributed by atoms with Gasteiger partial charge >= 0.3 is 0 Å². The first-order chi connectivity index (χ1) is 13.4. The van der Waals surface area contributed by atoms with Crippen LogP contribution in [0, 0.1) is 0 Å². The topological polar surface area (TPSA) is 80.5 Å². The van der Waals surface area contributed by atoms with E-state index in [-0.39, 0.29) is 11.3 Å². The van der Waals surface area contributed by atoms with Crippen LogP contribution in [0.1, 0.15) is 50.0 Å². The lowest BCUT2D eigenvalue weighted by Crippen LogP contribution is -2.35. The van der Waals surface area contributed by atoms with Gasteiger partial charge in [0.05, 0.1) is 13.2 Å².